The number of amides is 1. The van der Waals surface area contributed by atoms with Gasteiger partial charge in [-0.3, -0.25) is 9.59 Å². The standard InChI is InChI=1S/C20H20FIN6O2/c1-2-16(30)24-5-6-28-15(25-17-18(23)26-20(21)27-19(17)28)9-11-7-12-10(8-13(11)22)3-4-14(12)29/h7-8H,2-6,9H2,1H3,(H,24,30)(H2,23,26,27). The molecule has 0 saturated heterocycles. The van der Waals surface area contributed by atoms with Gasteiger partial charge in [-0.2, -0.15) is 14.4 Å². The Morgan fingerprint density at radius 3 is 2.87 bits per heavy atom. The molecule has 2 aromatic heterocycles. The second-order valence-electron chi connectivity index (χ2n) is 7.13. The molecule has 1 aliphatic carbocycles. The second-order valence-corrected chi connectivity index (χ2v) is 8.30. The minimum atomic E-state index is -0.928. The Morgan fingerprint density at radius 2 is 2.10 bits per heavy atom. The van der Waals surface area contributed by atoms with Crippen LogP contribution in [-0.2, 0) is 24.2 Å². The number of rotatable bonds is 6. The first-order chi connectivity index (χ1) is 14.4. The fourth-order valence-electron chi connectivity index (χ4n) is 3.66. The van der Waals surface area contributed by atoms with Gasteiger partial charge in [0.15, 0.2) is 22.8 Å². The average Bonchev–Trinajstić information content (AvgIpc) is 3.23. The average molecular weight is 522 g/mol. The smallest absolute Gasteiger partial charge is 0.312 e. The summed E-state index contributed by atoms with van der Waals surface area (Å²) >= 11 is 2.25. The van der Waals surface area contributed by atoms with Crippen molar-refractivity contribution in [1.82, 2.24) is 24.8 Å². The van der Waals surface area contributed by atoms with E-state index >= 15 is 0 Å². The predicted octanol–water partition coefficient (Wildman–Crippen LogP) is 2.40. The molecular weight excluding hydrogens is 502 g/mol. The SMILES string of the molecule is CCC(=O)NCCn1c(Cc2cc3c(cc2I)CCC3=O)nc2c(N)nc(F)nc21. The summed E-state index contributed by atoms with van der Waals surface area (Å²) in [6.45, 7) is 2.47. The molecule has 0 bridgehead atoms. The lowest BCUT2D eigenvalue weighted by atomic mass is 10.0. The number of hydrogen-bond acceptors (Lipinski definition) is 6. The molecule has 8 nitrogen and oxygen atoms in total. The molecule has 0 spiro atoms. The molecule has 0 unspecified atom stereocenters. The number of hydrogen-bond donors (Lipinski definition) is 2. The fraction of sp³-hybridized carbons (Fsp3) is 0.350. The summed E-state index contributed by atoms with van der Waals surface area (Å²) in [7, 11) is 0. The number of nitrogens with one attached hydrogen (secondary N) is 1. The first-order valence-electron chi connectivity index (χ1n) is 9.66. The molecule has 3 N–H and O–H groups in total. The summed E-state index contributed by atoms with van der Waals surface area (Å²) in [6, 6.07) is 3.96. The van der Waals surface area contributed by atoms with Gasteiger partial charge in [0.25, 0.3) is 0 Å². The molecule has 3 aromatic rings. The van der Waals surface area contributed by atoms with Gasteiger partial charge in [-0.25, -0.2) is 4.98 Å². The zero-order chi connectivity index (χ0) is 21.4. The van der Waals surface area contributed by atoms with Gasteiger partial charge in [-0.05, 0) is 52.3 Å². The monoisotopic (exact) mass is 522 g/mol. The van der Waals surface area contributed by atoms with Gasteiger partial charge in [-0.1, -0.05) is 6.92 Å². The number of fused-ring (bicyclic) bond motifs is 2. The maximum Gasteiger partial charge on any atom is 0.312 e. The molecule has 2 heterocycles. The summed E-state index contributed by atoms with van der Waals surface area (Å²) < 4.78 is 16.6. The minimum absolute atomic E-state index is 0.0334. The number of carbonyl (C=O) groups is 2. The van der Waals surface area contributed by atoms with Crippen molar-refractivity contribution in [1.29, 1.82) is 0 Å². The van der Waals surface area contributed by atoms with Crippen LogP contribution in [0, 0.1) is 9.65 Å². The molecule has 10 heteroatoms. The predicted molar refractivity (Wildman–Crippen MR) is 118 cm³/mol. The number of aryl methyl sites for hydroxylation is 1. The van der Waals surface area contributed by atoms with Gasteiger partial charge in [0, 0.05) is 41.5 Å². The second kappa shape index (κ2) is 8.25. The number of imidazole rings is 1. The Hall–Kier alpha value is -2.63. The zero-order valence-corrected chi connectivity index (χ0v) is 18.5. The number of halogens is 2. The number of aromatic nitrogens is 4. The summed E-state index contributed by atoms with van der Waals surface area (Å²) in [4.78, 5) is 35.8. The molecule has 0 aliphatic heterocycles. The van der Waals surface area contributed by atoms with Crippen molar-refractivity contribution in [2.75, 3.05) is 12.3 Å². The van der Waals surface area contributed by atoms with E-state index in [1.54, 1.807) is 11.5 Å². The zero-order valence-electron chi connectivity index (χ0n) is 16.3. The summed E-state index contributed by atoms with van der Waals surface area (Å²) in [5, 5.41) is 2.80. The van der Waals surface area contributed by atoms with Crippen LogP contribution in [0.1, 0.15) is 47.1 Å². The summed E-state index contributed by atoms with van der Waals surface area (Å²) in [5.41, 5.74) is 9.25. The molecular formula is C20H20FIN6O2. The number of benzene rings is 1. The van der Waals surface area contributed by atoms with Crippen LogP contribution >= 0.6 is 22.6 Å². The molecule has 30 heavy (non-hydrogen) atoms. The Balaban J connectivity index is 1.74. The maximum absolute atomic E-state index is 13.8. The molecule has 0 radical (unpaired) electrons. The first-order valence-corrected chi connectivity index (χ1v) is 10.7. The van der Waals surface area contributed by atoms with Crippen LogP contribution in [0.25, 0.3) is 11.2 Å². The van der Waals surface area contributed by atoms with Crippen LogP contribution in [-0.4, -0.2) is 37.8 Å². The third-order valence-corrected chi connectivity index (χ3v) is 6.20. The fourth-order valence-corrected chi connectivity index (χ4v) is 4.38. The Bertz CT molecular complexity index is 1180. The Kier molecular flexibility index (Phi) is 5.67. The van der Waals surface area contributed by atoms with Crippen LogP contribution in [0.4, 0.5) is 10.2 Å². The first kappa shape index (κ1) is 20.6. The van der Waals surface area contributed by atoms with E-state index in [0.717, 1.165) is 26.7 Å². The topological polar surface area (TPSA) is 116 Å². The van der Waals surface area contributed by atoms with Crippen molar-refractivity contribution in [3.05, 3.63) is 44.3 Å². The number of anilines is 1. The van der Waals surface area contributed by atoms with Crippen molar-refractivity contribution in [3.8, 4) is 0 Å². The molecule has 0 fully saturated rings. The lowest BCUT2D eigenvalue weighted by molar-refractivity contribution is -0.120. The highest BCUT2D eigenvalue weighted by molar-refractivity contribution is 14.1. The quantitative estimate of drug-likeness (QED) is 0.380. The van der Waals surface area contributed by atoms with Crippen LogP contribution in [0.15, 0.2) is 12.1 Å². The van der Waals surface area contributed by atoms with E-state index in [1.807, 2.05) is 12.1 Å². The highest BCUT2D eigenvalue weighted by atomic mass is 127. The number of ketones is 1. The van der Waals surface area contributed by atoms with E-state index in [2.05, 4.69) is 42.9 Å². The molecule has 1 aromatic carbocycles. The van der Waals surface area contributed by atoms with Crippen LogP contribution in [0.5, 0.6) is 0 Å². The van der Waals surface area contributed by atoms with E-state index < -0.39 is 6.08 Å². The third-order valence-electron chi connectivity index (χ3n) is 5.19. The van der Waals surface area contributed by atoms with E-state index in [9.17, 15) is 14.0 Å². The highest BCUT2D eigenvalue weighted by Crippen LogP contribution is 2.29. The van der Waals surface area contributed by atoms with Crippen molar-refractivity contribution < 1.29 is 14.0 Å². The van der Waals surface area contributed by atoms with Crippen molar-refractivity contribution in [2.24, 2.45) is 0 Å². The van der Waals surface area contributed by atoms with Gasteiger partial charge in [0.2, 0.25) is 5.91 Å². The van der Waals surface area contributed by atoms with Crippen LogP contribution in [0.3, 0.4) is 0 Å². The number of nitrogen functional groups attached to an aromatic ring is 1. The van der Waals surface area contributed by atoms with E-state index in [-0.39, 0.29) is 23.2 Å². The van der Waals surface area contributed by atoms with Crippen LogP contribution < -0.4 is 11.1 Å². The van der Waals surface area contributed by atoms with E-state index in [0.29, 0.717) is 43.7 Å². The van der Waals surface area contributed by atoms with Crippen LogP contribution in [0.2, 0.25) is 0 Å². The van der Waals surface area contributed by atoms with Gasteiger partial charge >= 0.3 is 6.08 Å². The van der Waals surface area contributed by atoms with Gasteiger partial charge in [-0.15, -0.1) is 0 Å². The lowest BCUT2D eigenvalue weighted by Gasteiger charge is -2.11. The Morgan fingerprint density at radius 1 is 1.30 bits per heavy atom. The molecule has 4 rings (SSSR count). The molecule has 156 valence electrons. The maximum atomic E-state index is 13.8. The summed E-state index contributed by atoms with van der Waals surface area (Å²) in [5.74, 6) is 0.656. The normalized spacial score (nSPS) is 13.1. The van der Waals surface area contributed by atoms with Crippen molar-refractivity contribution in [2.45, 2.75) is 39.2 Å². The molecule has 1 aliphatic rings. The summed E-state index contributed by atoms with van der Waals surface area (Å²) in [6.07, 6.45) is 1.17. The highest BCUT2D eigenvalue weighted by Gasteiger charge is 2.23. The minimum Gasteiger partial charge on any atom is -0.382 e. The molecule has 0 atom stereocenters. The van der Waals surface area contributed by atoms with Gasteiger partial charge < -0.3 is 15.6 Å². The van der Waals surface area contributed by atoms with E-state index in [1.165, 1.54) is 0 Å². The number of carbonyl (C=O) groups excluding carboxylic acids is 2. The van der Waals surface area contributed by atoms with Crippen molar-refractivity contribution in [3.63, 3.8) is 0 Å². The van der Waals surface area contributed by atoms with Gasteiger partial charge in [0.05, 0.1) is 0 Å². The van der Waals surface area contributed by atoms with Crippen molar-refractivity contribution >= 4 is 51.3 Å². The number of nitrogens with zero attached hydrogens (tertiary/aromatic N) is 4. The van der Waals surface area contributed by atoms with Gasteiger partial charge in [0.1, 0.15) is 5.82 Å². The third kappa shape index (κ3) is 3.87. The largest absolute Gasteiger partial charge is 0.382 e. The van der Waals surface area contributed by atoms with E-state index in [4.69, 9.17) is 5.73 Å². The number of nitrogens with two attached hydrogens (primary N) is 1. The Labute approximate surface area is 185 Å². The molecule has 0 saturated carbocycles. The lowest BCUT2D eigenvalue weighted by Crippen LogP contribution is -2.27. The number of Topliss-reactive ketones (excluding diaryl/α,β-unsaturated/α-hetero) is 1. The molecule has 1 amide bonds.